The Balaban J connectivity index is 1.73. The van der Waals surface area contributed by atoms with Crippen molar-refractivity contribution in [2.45, 2.75) is 33.1 Å². The summed E-state index contributed by atoms with van der Waals surface area (Å²) in [6, 6.07) is 15.9. The van der Waals surface area contributed by atoms with Gasteiger partial charge in [-0.25, -0.2) is 4.68 Å². The minimum Gasteiger partial charge on any atom is -0.490 e. The SMILES string of the molecule is C=CCOc1ccc(-c2nn(-c3ccccc3)cc2/C=C2\SC(=S)N(CCCCC)C2=O)c(C)c1. The van der Waals surface area contributed by atoms with Gasteiger partial charge in [-0.2, -0.15) is 5.10 Å². The molecule has 1 aliphatic heterocycles. The fourth-order valence-electron chi connectivity index (χ4n) is 3.92. The van der Waals surface area contributed by atoms with Gasteiger partial charge in [0.25, 0.3) is 5.91 Å². The molecule has 180 valence electrons. The molecule has 2 heterocycles. The number of nitrogens with zero attached hydrogens (tertiary/aromatic N) is 3. The molecule has 1 amide bonds. The summed E-state index contributed by atoms with van der Waals surface area (Å²) in [6.45, 7) is 9.01. The van der Waals surface area contributed by atoms with E-state index in [0.717, 1.165) is 53.1 Å². The third kappa shape index (κ3) is 5.74. The number of hydrogen-bond donors (Lipinski definition) is 0. The molecule has 2 aromatic carbocycles. The summed E-state index contributed by atoms with van der Waals surface area (Å²) in [6.07, 6.45) is 8.74. The molecule has 3 aromatic rings. The maximum Gasteiger partial charge on any atom is 0.266 e. The van der Waals surface area contributed by atoms with Gasteiger partial charge in [-0.3, -0.25) is 9.69 Å². The summed E-state index contributed by atoms with van der Waals surface area (Å²) in [5.41, 5.74) is 4.63. The molecule has 0 atom stereocenters. The number of aryl methyl sites for hydroxylation is 1. The van der Waals surface area contributed by atoms with Crippen LogP contribution in [-0.2, 0) is 4.79 Å². The molecule has 35 heavy (non-hydrogen) atoms. The predicted octanol–water partition coefficient (Wildman–Crippen LogP) is 6.80. The second kappa shape index (κ2) is 11.5. The van der Waals surface area contributed by atoms with E-state index in [2.05, 4.69) is 13.5 Å². The monoisotopic (exact) mass is 503 g/mol. The molecule has 5 nitrogen and oxygen atoms in total. The van der Waals surface area contributed by atoms with E-state index in [4.69, 9.17) is 22.1 Å². The first-order valence-electron chi connectivity index (χ1n) is 11.8. The Hall–Kier alpha value is -3.16. The molecule has 1 fully saturated rings. The first-order valence-corrected chi connectivity index (χ1v) is 13.0. The van der Waals surface area contributed by atoms with Crippen LogP contribution in [0.25, 0.3) is 23.0 Å². The lowest BCUT2D eigenvalue weighted by molar-refractivity contribution is -0.122. The van der Waals surface area contributed by atoms with Gasteiger partial charge in [-0.15, -0.1) is 0 Å². The van der Waals surface area contributed by atoms with Crippen molar-refractivity contribution in [2.24, 2.45) is 0 Å². The smallest absolute Gasteiger partial charge is 0.266 e. The van der Waals surface area contributed by atoms with Crippen LogP contribution >= 0.6 is 24.0 Å². The summed E-state index contributed by atoms with van der Waals surface area (Å²) >= 11 is 6.89. The number of para-hydroxylation sites is 1. The van der Waals surface area contributed by atoms with E-state index in [9.17, 15) is 4.79 Å². The zero-order chi connectivity index (χ0) is 24.8. The summed E-state index contributed by atoms with van der Waals surface area (Å²) in [5.74, 6) is 0.752. The van der Waals surface area contributed by atoms with E-state index >= 15 is 0 Å². The zero-order valence-electron chi connectivity index (χ0n) is 20.1. The number of ether oxygens (including phenoxy) is 1. The molecule has 0 bridgehead atoms. The average Bonchev–Trinajstić information content (AvgIpc) is 3.39. The van der Waals surface area contributed by atoms with Crippen LogP contribution in [0.5, 0.6) is 5.75 Å². The van der Waals surface area contributed by atoms with Crippen LogP contribution in [0.4, 0.5) is 0 Å². The molecule has 0 unspecified atom stereocenters. The van der Waals surface area contributed by atoms with Gasteiger partial charge in [0.05, 0.1) is 10.6 Å². The first kappa shape index (κ1) is 24.9. The first-order chi connectivity index (χ1) is 17.0. The van der Waals surface area contributed by atoms with Gasteiger partial charge < -0.3 is 4.74 Å². The van der Waals surface area contributed by atoms with E-state index < -0.39 is 0 Å². The van der Waals surface area contributed by atoms with Crippen molar-refractivity contribution in [1.29, 1.82) is 0 Å². The Labute approximate surface area is 216 Å². The van der Waals surface area contributed by atoms with Crippen LogP contribution in [-0.4, -0.2) is 38.1 Å². The number of benzene rings is 2. The molecule has 1 saturated heterocycles. The average molecular weight is 504 g/mol. The molecular weight excluding hydrogens is 474 g/mol. The Bertz CT molecular complexity index is 1260. The number of hydrogen-bond acceptors (Lipinski definition) is 5. The van der Waals surface area contributed by atoms with Gasteiger partial charge in [0.1, 0.15) is 22.4 Å². The molecule has 1 aliphatic rings. The van der Waals surface area contributed by atoms with Crippen LogP contribution < -0.4 is 4.74 Å². The Morgan fingerprint density at radius 3 is 2.69 bits per heavy atom. The van der Waals surface area contributed by atoms with Gasteiger partial charge in [-0.1, -0.05) is 74.6 Å². The summed E-state index contributed by atoms with van der Waals surface area (Å²) in [7, 11) is 0. The molecule has 0 aliphatic carbocycles. The second-order valence-electron chi connectivity index (χ2n) is 8.33. The Morgan fingerprint density at radius 1 is 1.17 bits per heavy atom. The van der Waals surface area contributed by atoms with Gasteiger partial charge in [0, 0.05) is 23.9 Å². The van der Waals surface area contributed by atoms with Crippen LogP contribution in [0.3, 0.4) is 0 Å². The maximum atomic E-state index is 13.1. The lowest BCUT2D eigenvalue weighted by Crippen LogP contribution is -2.28. The van der Waals surface area contributed by atoms with Crippen molar-refractivity contribution in [3.63, 3.8) is 0 Å². The predicted molar refractivity (Wildman–Crippen MR) is 149 cm³/mol. The maximum absolute atomic E-state index is 13.1. The van der Waals surface area contributed by atoms with Gasteiger partial charge in [0.15, 0.2) is 0 Å². The number of rotatable bonds is 10. The Kier molecular flexibility index (Phi) is 8.21. The van der Waals surface area contributed by atoms with Crippen LogP contribution in [0.2, 0.25) is 0 Å². The molecule has 0 spiro atoms. The quantitative estimate of drug-likeness (QED) is 0.132. The molecule has 7 heteroatoms. The second-order valence-corrected chi connectivity index (χ2v) is 10.0. The standard InChI is InChI=1S/C28H29N3O2S2/c1-4-6-10-15-30-27(32)25(35-28(30)34)18-21-19-31(22-11-8-7-9-12-22)29-26(21)24-14-13-23(17-20(24)3)33-16-5-2/h5,7-9,11-14,17-19H,2,4,6,10,15-16H2,1,3H3/b25-18-. The largest absolute Gasteiger partial charge is 0.490 e. The highest BCUT2D eigenvalue weighted by Gasteiger charge is 2.32. The van der Waals surface area contributed by atoms with Gasteiger partial charge in [0.2, 0.25) is 0 Å². The van der Waals surface area contributed by atoms with E-state index in [1.807, 2.05) is 72.4 Å². The van der Waals surface area contributed by atoms with Crippen LogP contribution in [0, 0.1) is 6.92 Å². The molecule has 1 aromatic heterocycles. The zero-order valence-corrected chi connectivity index (χ0v) is 21.7. The van der Waals surface area contributed by atoms with Crippen molar-refractivity contribution in [2.75, 3.05) is 13.2 Å². The van der Waals surface area contributed by atoms with Crippen LogP contribution in [0.1, 0.15) is 37.3 Å². The topological polar surface area (TPSA) is 47.4 Å². The number of carbonyl (C=O) groups excluding carboxylic acids is 1. The lowest BCUT2D eigenvalue weighted by atomic mass is 10.0. The highest BCUT2D eigenvalue weighted by Crippen LogP contribution is 2.36. The third-order valence-corrected chi connectivity index (χ3v) is 7.11. The number of unbranched alkanes of at least 4 members (excludes halogenated alkanes) is 2. The lowest BCUT2D eigenvalue weighted by Gasteiger charge is -2.13. The summed E-state index contributed by atoms with van der Waals surface area (Å²) < 4.78 is 8.17. The molecular formula is C28H29N3O2S2. The van der Waals surface area contributed by atoms with Crippen molar-refractivity contribution in [1.82, 2.24) is 14.7 Å². The van der Waals surface area contributed by atoms with Crippen molar-refractivity contribution in [3.8, 4) is 22.7 Å². The van der Waals surface area contributed by atoms with Gasteiger partial charge in [-0.05, 0) is 55.3 Å². The molecule has 0 saturated carbocycles. The fraction of sp³-hybridized carbons (Fsp3) is 0.250. The fourth-order valence-corrected chi connectivity index (χ4v) is 5.22. The number of aromatic nitrogens is 2. The molecule has 4 rings (SSSR count). The minimum absolute atomic E-state index is 0.0283. The third-order valence-electron chi connectivity index (χ3n) is 5.73. The Morgan fingerprint density at radius 2 is 1.97 bits per heavy atom. The van der Waals surface area contributed by atoms with Crippen molar-refractivity contribution in [3.05, 3.63) is 83.4 Å². The number of carbonyl (C=O) groups is 1. The number of thiocarbonyl (C=S) groups is 1. The van der Waals surface area contributed by atoms with Crippen molar-refractivity contribution >= 4 is 40.3 Å². The van der Waals surface area contributed by atoms with E-state index in [1.54, 1.807) is 11.0 Å². The summed E-state index contributed by atoms with van der Waals surface area (Å²) in [4.78, 5) is 15.5. The normalized spacial score (nSPS) is 14.7. The number of amides is 1. The molecule has 0 N–H and O–H groups in total. The van der Waals surface area contributed by atoms with E-state index in [0.29, 0.717) is 22.4 Å². The van der Waals surface area contributed by atoms with E-state index in [1.165, 1.54) is 11.8 Å². The highest BCUT2D eigenvalue weighted by atomic mass is 32.2. The van der Waals surface area contributed by atoms with E-state index in [-0.39, 0.29) is 5.91 Å². The van der Waals surface area contributed by atoms with Crippen molar-refractivity contribution < 1.29 is 9.53 Å². The number of thioether (sulfide) groups is 1. The minimum atomic E-state index is -0.0283. The highest BCUT2D eigenvalue weighted by molar-refractivity contribution is 8.26. The van der Waals surface area contributed by atoms with Crippen LogP contribution in [0.15, 0.2) is 72.3 Å². The summed E-state index contributed by atoms with van der Waals surface area (Å²) in [5, 5.41) is 4.92. The van der Waals surface area contributed by atoms with Gasteiger partial charge >= 0.3 is 0 Å². The molecule has 0 radical (unpaired) electrons.